The van der Waals surface area contributed by atoms with Crippen LogP contribution >= 0.6 is 12.8 Å². The van der Waals surface area contributed by atoms with Gasteiger partial charge >= 0.3 is 6.09 Å². The number of benzene rings is 1. The molecule has 4 heteroatoms. The van der Waals surface area contributed by atoms with Crippen molar-refractivity contribution >= 4 is 18.9 Å². The molecule has 0 unspecified atom stereocenters. The maximum absolute atomic E-state index is 10.4. The first-order valence-electron chi connectivity index (χ1n) is 3.93. The lowest BCUT2D eigenvalue weighted by Crippen LogP contribution is -2.21. The van der Waals surface area contributed by atoms with Crippen LogP contribution in [0.3, 0.4) is 0 Å². The van der Waals surface area contributed by atoms with Gasteiger partial charge in [-0.25, -0.2) is 4.79 Å². The largest absolute Gasteiger partial charge is 0.464 e. The van der Waals surface area contributed by atoms with Gasteiger partial charge in [-0.1, -0.05) is 43.1 Å². The molecule has 1 aromatic carbocycles. The summed E-state index contributed by atoms with van der Waals surface area (Å²) in [5, 5.41) is 8.51. The second-order valence-electron chi connectivity index (χ2n) is 2.64. The van der Waals surface area contributed by atoms with Gasteiger partial charge < -0.3 is 5.11 Å². The van der Waals surface area contributed by atoms with Crippen molar-refractivity contribution < 1.29 is 9.90 Å². The molecule has 0 aliphatic rings. The zero-order chi connectivity index (χ0) is 9.68. The Balaban J connectivity index is 2.39. The Morgan fingerprint density at radius 1 is 1.38 bits per heavy atom. The fourth-order valence-corrected chi connectivity index (χ4v) is 1.08. The maximum atomic E-state index is 10.4. The molecule has 0 aliphatic heterocycles. The second kappa shape index (κ2) is 4.77. The third kappa shape index (κ3) is 3.38. The number of carboxylic acid groups (broad SMARTS) is 1. The van der Waals surface area contributed by atoms with Crippen LogP contribution in [0, 0.1) is 0 Å². The maximum Gasteiger partial charge on any atom is 0.417 e. The van der Waals surface area contributed by atoms with Gasteiger partial charge in [0.05, 0.1) is 0 Å². The lowest BCUT2D eigenvalue weighted by molar-refractivity contribution is 0.176. The molecule has 0 heterocycles. The smallest absolute Gasteiger partial charge is 0.417 e. The van der Waals surface area contributed by atoms with Crippen molar-refractivity contribution in [2.24, 2.45) is 0 Å². The average Bonchev–Trinajstić information content (AvgIpc) is 2.15. The number of carbonyl (C=O) groups is 1. The summed E-state index contributed by atoms with van der Waals surface area (Å²) in [6.07, 6.45) is -0.323. The molecule has 1 rings (SSSR count). The second-order valence-corrected chi connectivity index (χ2v) is 3.12. The molecule has 0 radical (unpaired) electrons. The molecule has 0 saturated carbocycles. The van der Waals surface area contributed by atoms with Gasteiger partial charge in [-0.15, -0.1) is 0 Å². The number of hydrogen-bond acceptors (Lipinski definition) is 2. The van der Waals surface area contributed by atoms with Crippen molar-refractivity contribution in [2.75, 3.05) is 6.54 Å². The van der Waals surface area contributed by atoms with E-state index in [-0.39, 0.29) is 0 Å². The highest BCUT2D eigenvalue weighted by Gasteiger charge is 2.05. The summed E-state index contributed by atoms with van der Waals surface area (Å²) in [5.74, 6) is 0. The summed E-state index contributed by atoms with van der Waals surface area (Å²) in [4.78, 5) is 10.4. The Bertz CT molecular complexity index is 276. The summed E-state index contributed by atoms with van der Waals surface area (Å²) in [5.41, 5.74) is 1.11. The first-order chi connectivity index (χ1) is 6.20. The standard InChI is InChI=1S/C9H11NO2S/c11-9(12)10(13)7-6-8-4-2-1-3-5-8/h1-5,13H,6-7H2,(H,11,12). The topological polar surface area (TPSA) is 40.5 Å². The van der Waals surface area contributed by atoms with Crippen LogP contribution in [0.25, 0.3) is 0 Å². The summed E-state index contributed by atoms with van der Waals surface area (Å²) in [7, 11) is 0. The van der Waals surface area contributed by atoms with Gasteiger partial charge in [-0.3, -0.25) is 4.31 Å². The number of amides is 1. The molecule has 0 aliphatic carbocycles. The van der Waals surface area contributed by atoms with Crippen LogP contribution < -0.4 is 0 Å². The highest BCUT2D eigenvalue weighted by molar-refractivity contribution is 7.78. The molecular weight excluding hydrogens is 186 g/mol. The van der Waals surface area contributed by atoms with E-state index in [1.165, 1.54) is 0 Å². The predicted octanol–water partition coefficient (Wildman–Crippen LogP) is 2.05. The van der Waals surface area contributed by atoms with Crippen LogP contribution in [-0.4, -0.2) is 22.0 Å². The van der Waals surface area contributed by atoms with Crippen molar-refractivity contribution in [3.8, 4) is 0 Å². The third-order valence-electron chi connectivity index (χ3n) is 1.68. The molecule has 1 amide bonds. The van der Waals surface area contributed by atoms with Crippen LogP contribution in [0.5, 0.6) is 0 Å². The lowest BCUT2D eigenvalue weighted by atomic mass is 10.1. The van der Waals surface area contributed by atoms with E-state index < -0.39 is 6.09 Å². The first-order valence-corrected chi connectivity index (χ1v) is 4.33. The molecule has 0 saturated heterocycles. The van der Waals surface area contributed by atoms with E-state index in [0.29, 0.717) is 13.0 Å². The highest BCUT2D eigenvalue weighted by atomic mass is 32.1. The Hall–Kier alpha value is -1.16. The molecule has 0 bridgehead atoms. The molecule has 1 N–H and O–H groups in total. The molecule has 1 aromatic rings. The van der Waals surface area contributed by atoms with Crippen molar-refractivity contribution in [1.29, 1.82) is 0 Å². The van der Waals surface area contributed by atoms with Gasteiger partial charge in [0.2, 0.25) is 0 Å². The fraction of sp³-hybridized carbons (Fsp3) is 0.222. The Kier molecular flexibility index (Phi) is 3.64. The van der Waals surface area contributed by atoms with Crippen LogP contribution in [-0.2, 0) is 6.42 Å². The van der Waals surface area contributed by atoms with Crippen molar-refractivity contribution in [3.63, 3.8) is 0 Å². The molecule has 0 spiro atoms. The minimum Gasteiger partial charge on any atom is -0.464 e. The first kappa shape index (κ1) is 9.92. The van der Waals surface area contributed by atoms with Crippen LogP contribution in [0.1, 0.15) is 5.56 Å². The number of rotatable bonds is 3. The van der Waals surface area contributed by atoms with Gasteiger partial charge in [0.25, 0.3) is 0 Å². The normalized spacial score (nSPS) is 9.62. The van der Waals surface area contributed by atoms with E-state index in [9.17, 15) is 4.79 Å². The summed E-state index contributed by atoms with van der Waals surface area (Å²) >= 11 is 3.79. The van der Waals surface area contributed by atoms with E-state index in [4.69, 9.17) is 5.11 Å². The van der Waals surface area contributed by atoms with Crippen molar-refractivity contribution in [3.05, 3.63) is 35.9 Å². The van der Waals surface area contributed by atoms with Crippen LogP contribution in [0.4, 0.5) is 4.79 Å². The molecule has 0 atom stereocenters. The van der Waals surface area contributed by atoms with Gasteiger partial charge in [-0.05, 0) is 12.0 Å². The minimum atomic E-state index is -1.01. The van der Waals surface area contributed by atoms with E-state index in [1.54, 1.807) is 0 Å². The van der Waals surface area contributed by atoms with E-state index in [0.717, 1.165) is 9.87 Å². The lowest BCUT2D eigenvalue weighted by Gasteiger charge is -2.10. The van der Waals surface area contributed by atoms with Gasteiger partial charge in [-0.2, -0.15) is 0 Å². The summed E-state index contributed by atoms with van der Waals surface area (Å²) in [6.45, 7) is 0.405. The average molecular weight is 197 g/mol. The molecule has 13 heavy (non-hydrogen) atoms. The monoisotopic (exact) mass is 197 g/mol. The highest BCUT2D eigenvalue weighted by Crippen LogP contribution is 2.02. The Labute approximate surface area is 82.5 Å². The van der Waals surface area contributed by atoms with Crippen molar-refractivity contribution in [1.82, 2.24) is 4.31 Å². The van der Waals surface area contributed by atoms with Crippen molar-refractivity contribution in [2.45, 2.75) is 6.42 Å². The zero-order valence-electron chi connectivity index (χ0n) is 7.05. The molecule has 0 aromatic heterocycles. The SMILES string of the molecule is O=C(O)N(S)CCc1ccccc1. The molecular formula is C9H11NO2S. The van der Waals surface area contributed by atoms with E-state index >= 15 is 0 Å². The summed E-state index contributed by atoms with van der Waals surface area (Å²) in [6, 6.07) is 9.71. The fourth-order valence-electron chi connectivity index (χ4n) is 0.975. The number of hydrogen-bond donors (Lipinski definition) is 2. The van der Waals surface area contributed by atoms with Crippen LogP contribution in [0.15, 0.2) is 30.3 Å². The number of thiol groups is 1. The zero-order valence-corrected chi connectivity index (χ0v) is 7.95. The van der Waals surface area contributed by atoms with Gasteiger partial charge in [0.1, 0.15) is 0 Å². The molecule has 70 valence electrons. The molecule has 0 fully saturated rings. The van der Waals surface area contributed by atoms with E-state index in [1.807, 2.05) is 30.3 Å². The Morgan fingerprint density at radius 3 is 2.54 bits per heavy atom. The minimum absolute atomic E-state index is 0.405. The number of nitrogens with zero attached hydrogens (tertiary/aromatic N) is 1. The quantitative estimate of drug-likeness (QED) is 0.728. The van der Waals surface area contributed by atoms with Gasteiger partial charge in [0, 0.05) is 6.54 Å². The summed E-state index contributed by atoms with van der Waals surface area (Å²) < 4.78 is 0.979. The third-order valence-corrected chi connectivity index (χ3v) is 2.05. The Morgan fingerprint density at radius 2 is 2.00 bits per heavy atom. The predicted molar refractivity (Wildman–Crippen MR) is 53.9 cm³/mol. The van der Waals surface area contributed by atoms with E-state index in [2.05, 4.69) is 12.8 Å². The molecule has 3 nitrogen and oxygen atoms in total. The van der Waals surface area contributed by atoms with Gasteiger partial charge in [0.15, 0.2) is 0 Å². The van der Waals surface area contributed by atoms with Crippen LogP contribution in [0.2, 0.25) is 0 Å².